The second-order valence-corrected chi connectivity index (χ2v) is 21.3. The monoisotopic (exact) mass is 970 g/mol. The van der Waals surface area contributed by atoms with Gasteiger partial charge in [-0.05, 0) is 12.8 Å². The highest BCUT2D eigenvalue weighted by Gasteiger charge is 2.44. The van der Waals surface area contributed by atoms with E-state index in [9.17, 15) is 35.4 Å². The zero-order chi connectivity index (χ0) is 49.6. The van der Waals surface area contributed by atoms with Crippen molar-refractivity contribution in [1.29, 1.82) is 0 Å². The minimum atomic E-state index is -1.59. The summed E-state index contributed by atoms with van der Waals surface area (Å²) in [5, 5.41) is 65.3. The normalized spacial score (nSPS) is 19.9. The molecular weight excluding hydrogens is 855 g/mol. The molecule has 0 aliphatic carbocycles. The van der Waals surface area contributed by atoms with Crippen LogP contribution in [-0.4, -0.2) is 98.7 Å². The molecule has 1 aliphatic heterocycles. The van der Waals surface area contributed by atoms with Crippen molar-refractivity contribution < 1.29 is 44.9 Å². The van der Waals surface area contributed by atoms with Crippen LogP contribution in [0.25, 0.3) is 0 Å². The summed E-state index contributed by atoms with van der Waals surface area (Å²) >= 11 is 0. The van der Waals surface area contributed by atoms with E-state index in [4.69, 9.17) is 9.47 Å². The van der Waals surface area contributed by atoms with E-state index >= 15 is 0 Å². The molecule has 1 heterocycles. The molecule has 68 heavy (non-hydrogen) atoms. The van der Waals surface area contributed by atoms with Crippen LogP contribution >= 0.6 is 0 Å². The Labute approximate surface area is 419 Å². The van der Waals surface area contributed by atoms with E-state index in [2.05, 4.69) is 19.2 Å². The Hall–Kier alpha value is -0.850. The fourth-order valence-corrected chi connectivity index (χ4v) is 10.00. The maximum atomic E-state index is 13.2. The van der Waals surface area contributed by atoms with Crippen LogP contribution in [0.2, 0.25) is 0 Å². The van der Waals surface area contributed by atoms with Crippen molar-refractivity contribution in [3.63, 3.8) is 0 Å². The fraction of sp³-hybridized carbons (Fsp3) is 0.983. The number of unbranched alkanes of at least 4 members (excludes halogenated alkanes) is 41. The Morgan fingerprint density at radius 2 is 0.735 bits per heavy atom. The number of aliphatic hydroxyl groups excluding tert-OH is 6. The molecule has 0 radical (unpaired) electrons. The van der Waals surface area contributed by atoms with E-state index in [1.165, 1.54) is 238 Å². The summed E-state index contributed by atoms with van der Waals surface area (Å²) in [5.41, 5.74) is 0. The lowest BCUT2D eigenvalue weighted by atomic mass is 9.99. The largest absolute Gasteiger partial charge is 0.394 e. The summed E-state index contributed by atoms with van der Waals surface area (Å²) < 4.78 is 11.2. The SMILES string of the molecule is CCCCCCCCCCCCCCCCCCCCCCCCCCCCC(O)C(=O)NC(COC1OC(CO)C(O)C(O)C1O)C(O)CCCCCCCCCCCCCCCCCCC. The third-order valence-corrected chi connectivity index (χ3v) is 14.8. The molecule has 8 atom stereocenters. The first kappa shape index (κ1) is 65.2. The fourth-order valence-electron chi connectivity index (χ4n) is 10.00. The number of aliphatic hydroxyl groups is 6. The lowest BCUT2D eigenvalue weighted by Crippen LogP contribution is -2.60. The van der Waals surface area contributed by atoms with Gasteiger partial charge in [-0.2, -0.15) is 0 Å². The molecule has 0 bridgehead atoms. The first-order valence-corrected chi connectivity index (χ1v) is 29.8. The number of rotatable bonds is 52. The lowest BCUT2D eigenvalue weighted by Gasteiger charge is -2.40. The molecular formula is C58H115NO9. The average Bonchev–Trinajstić information content (AvgIpc) is 3.34. The summed E-state index contributed by atoms with van der Waals surface area (Å²) in [6.45, 7) is 3.72. The number of hydrogen-bond acceptors (Lipinski definition) is 9. The molecule has 406 valence electrons. The molecule has 7 N–H and O–H groups in total. The van der Waals surface area contributed by atoms with E-state index in [-0.39, 0.29) is 6.61 Å². The van der Waals surface area contributed by atoms with Crippen LogP contribution in [0.3, 0.4) is 0 Å². The van der Waals surface area contributed by atoms with E-state index in [1.807, 2.05) is 0 Å². The Bertz CT molecular complexity index is 1050. The Kier molecular flexibility index (Phi) is 46.4. The Morgan fingerprint density at radius 1 is 0.441 bits per heavy atom. The van der Waals surface area contributed by atoms with Gasteiger partial charge in [0.05, 0.1) is 25.4 Å². The first-order valence-electron chi connectivity index (χ1n) is 29.8. The van der Waals surface area contributed by atoms with Crippen molar-refractivity contribution in [2.45, 2.75) is 352 Å². The standard InChI is InChI=1S/C58H115NO9/c1-3-5-7-9-11-13-15-17-19-21-22-23-24-25-26-27-28-29-31-33-35-37-39-41-43-45-47-52(62)57(66)59-50(49-67-58-56(65)55(64)54(63)53(48-60)68-58)51(61)46-44-42-40-38-36-34-32-30-20-18-16-14-12-10-8-6-4-2/h50-56,58,60-65H,3-49H2,1-2H3,(H,59,66). The number of hydrogen-bond donors (Lipinski definition) is 7. The minimum absolute atomic E-state index is 0.249. The predicted molar refractivity (Wildman–Crippen MR) is 283 cm³/mol. The second-order valence-electron chi connectivity index (χ2n) is 21.3. The van der Waals surface area contributed by atoms with Crippen LogP contribution in [-0.2, 0) is 14.3 Å². The van der Waals surface area contributed by atoms with Crippen LogP contribution in [0.5, 0.6) is 0 Å². The van der Waals surface area contributed by atoms with Gasteiger partial charge in [0.1, 0.15) is 30.5 Å². The summed E-state index contributed by atoms with van der Waals surface area (Å²) in [4.78, 5) is 13.2. The van der Waals surface area contributed by atoms with Crippen molar-refractivity contribution in [2.24, 2.45) is 0 Å². The van der Waals surface area contributed by atoms with Crippen LogP contribution in [0, 0.1) is 0 Å². The highest BCUT2D eigenvalue weighted by atomic mass is 16.7. The van der Waals surface area contributed by atoms with Crippen molar-refractivity contribution >= 4 is 5.91 Å². The van der Waals surface area contributed by atoms with Crippen LogP contribution in [0.4, 0.5) is 0 Å². The zero-order valence-corrected chi connectivity index (χ0v) is 44.8. The van der Waals surface area contributed by atoms with E-state index in [1.54, 1.807) is 0 Å². The number of ether oxygens (including phenoxy) is 2. The van der Waals surface area contributed by atoms with Crippen LogP contribution in [0.15, 0.2) is 0 Å². The van der Waals surface area contributed by atoms with Gasteiger partial charge in [0.15, 0.2) is 6.29 Å². The third-order valence-electron chi connectivity index (χ3n) is 14.8. The molecule has 0 aromatic rings. The first-order chi connectivity index (χ1) is 33.3. The molecule has 1 aliphatic rings. The average molecular weight is 971 g/mol. The number of carbonyl (C=O) groups excluding carboxylic acids is 1. The molecule has 1 fully saturated rings. The van der Waals surface area contributed by atoms with Gasteiger partial charge in [0.25, 0.3) is 0 Å². The van der Waals surface area contributed by atoms with Crippen molar-refractivity contribution in [2.75, 3.05) is 13.2 Å². The van der Waals surface area contributed by atoms with Gasteiger partial charge in [0.2, 0.25) is 5.91 Å². The number of nitrogens with one attached hydrogen (secondary N) is 1. The van der Waals surface area contributed by atoms with E-state index in [0.717, 1.165) is 38.5 Å². The van der Waals surface area contributed by atoms with Crippen LogP contribution < -0.4 is 5.32 Å². The van der Waals surface area contributed by atoms with Crippen molar-refractivity contribution in [3.8, 4) is 0 Å². The molecule has 1 amide bonds. The second kappa shape index (κ2) is 48.4. The van der Waals surface area contributed by atoms with Gasteiger partial charge in [-0.3, -0.25) is 4.79 Å². The smallest absolute Gasteiger partial charge is 0.249 e. The lowest BCUT2D eigenvalue weighted by molar-refractivity contribution is -0.302. The molecule has 1 saturated heterocycles. The maximum absolute atomic E-state index is 13.2. The summed E-state index contributed by atoms with van der Waals surface area (Å²) in [5.74, 6) is -0.576. The quantitative estimate of drug-likeness (QED) is 0.0293. The molecule has 0 aromatic heterocycles. The van der Waals surface area contributed by atoms with Gasteiger partial charge in [0, 0.05) is 0 Å². The highest BCUT2D eigenvalue weighted by Crippen LogP contribution is 2.24. The maximum Gasteiger partial charge on any atom is 0.249 e. The Morgan fingerprint density at radius 3 is 1.04 bits per heavy atom. The summed E-state index contributed by atoms with van der Waals surface area (Å²) in [6, 6.07) is -0.889. The van der Waals surface area contributed by atoms with Gasteiger partial charge < -0.3 is 45.4 Å². The number of carbonyl (C=O) groups is 1. The number of amides is 1. The third kappa shape index (κ3) is 37.0. The predicted octanol–water partition coefficient (Wildman–Crippen LogP) is 13.6. The zero-order valence-electron chi connectivity index (χ0n) is 44.8. The molecule has 0 saturated carbocycles. The highest BCUT2D eigenvalue weighted by molar-refractivity contribution is 5.80. The van der Waals surface area contributed by atoms with Gasteiger partial charge in [-0.1, -0.05) is 290 Å². The molecule has 1 rings (SSSR count). The molecule has 10 heteroatoms. The minimum Gasteiger partial charge on any atom is -0.394 e. The van der Waals surface area contributed by atoms with E-state index < -0.39 is 61.5 Å². The Balaban J connectivity index is 2.20. The summed E-state index contributed by atoms with van der Waals surface area (Å²) in [6.07, 6.45) is 47.4. The molecule has 0 spiro atoms. The molecule has 8 unspecified atom stereocenters. The van der Waals surface area contributed by atoms with Crippen molar-refractivity contribution in [3.05, 3.63) is 0 Å². The molecule has 0 aromatic carbocycles. The van der Waals surface area contributed by atoms with Crippen molar-refractivity contribution in [1.82, 2.24) is 5.32 Å². The van der Waals surface area contributed by atoms with Gasteiger partial charge in [-0.25, -0.2) is 0 Å². The van der Waals surface area contributed by atoms with Gasteiger partial charge >= 0.3 is 0 Å². The summed E-state index contributed by atoms with van der Waals surface area (Å²) in [7, 11) is 0. The molecule has 10 nitrogen and oxygen atoms in total. The van der Waals surface area contributed by atoms with Gasteiger partial charge in [-0.15, -0.1) is 0 Å². The van der Waals surface area contributed by atoms with E-state index in [0.29, 0.717) is 12.8 Å². The van der Waals surface area contributed by atoms with Crippen LogP contribution in [0.1, 0.15) is 303 Å². The topological polar surface area (TPSA) is 169 Å².